The van der Waals surface area contributed by atoms with E-state index in [1.165, 1.54) is 116 Å². The van der Waals surface area contributed by atoms with Crippen LogP contribution in [0.25, 0.3) is 0 Å². The van der Waals surface area contributed by atoms with Gasteiger partial charge in [0.25, 0.3) is 0 Å². The summed E-state index contributed by atoms with van der Waals surface area (Å²) in [6, 6.07) is 0. The third-order valence-corrected chi connectivity index (χ3v) is 8.64. The molecule has 11 nitrogen and oxygen atoms in total. The topological polar surface area (TPSA) is 175 Å². The second kappa shape index (κ2) is 29.8. The van der Waals surface area contributed by atoms with Gasteiger partial charge in [-0.2, -0.15) is 0 Å². The summed E-state index contributed by atoms with van der Waals surface area (Å²) in [5, 5.41) is 47.2. The van der Waals surface area contributed by atoms with E-state index in [9.17, 15) is 29.9 Å². The predicted molar refractivity (Wildman–Crippen MR) is 172 cm³/mol. The number of ether oxygens (including phenoxy) is 2. The first-order chi connectivity index (χ1) is 21.2. The Morgan fingerprint density at radius 2 is 1.07 bits per heavy atom. The number of phosphoric ester groups is 1. The molecule has 264 valence electrons. The van der Waals surface area contributed by atoms with Gasteiger partial charge < -0.3 is 39.9 Å². The fourth-order valence-electron chi connectivity index (χ4n) is 4.69. The number of aliphatic hydroxyl groups is 5. The van der Waals surface area contributed by atoms with Gasteiger partial charge in [0, 0.05) is 7.11 Å². The zero-order valence-electron chi connectivity index (χ0n) is 27.5. The summed E-state index contributed by atoms with van der Waals surface area (Å²) in [7, 11) is -3.22. The molecule has 0 radical (unpaired) electrons. The van der Waals surface area contributed by atoms with Crippen LogP contribution in [0.5, 0.6) is 0 Å². The zero-order chi connectivity index (χ0) is 32.9. The summed E-state index contributed by atoms with van der Waals surface area (Å²) in [5.74, 6) is 0. The second-order valence-electron chi connectivity index (χ2n) is 11.7. The molecule has 0 amide bonds. The predicted octanol–water partition coefficient (Wildman–Crippen LogP) is 5.53. The zero-order valence-corrected chi connectivity index (χ0v) is 28.4. The number of hydrogen-bond donors (Lipinski definition) is 6. The van der Waals surface area contributed by atoms with Crippen LogP contribution in [0.1, 0.15) is 129 Å². The van der Waals surface area contributed by atoms with Gasteiger partial charge in [-0.25, -0.2) is 4.57 Å². The Labute approximate surface area is 266 Å². The molecule has 0 saturated heterocycles. The molecule has 0 fully saturated rings. The van der Waals surface area contributed by atoms with Crippen LogP contribution in [-0.2, 0) is 23.1 Å². The van der Waals surface area contributed by atoms with Crippen LogP contribution < -0.4 is 0 Å². The van der Waals surface area contributed by atoms with Crippen molar-refractivity contribution in [1.82, 2.24) is 0 Å². The van der Waals surface area contributed by atoms with Crippen LogP contribution in [0.3, 0.4) is 0 Å². The van der Waals surface area contributed by atoms with E-state index in [0.29, 0.717) is 0 Å². The Hall–Kier alpha value is -0.590. The minimum absolute atomic E-state index is 0.0820. The lowest BCUT2D eigenvalue weighted by Gasteiger charge is -2.26. The van der Waals surface area contributed by atoms with Crippen molar-refractivity contribution in [3.63, 3.8) is 0 Å². The van der Waals surface area contributed by atoms with E-state index in [4.69, 9.17) is 19.1 Å². The normalized spacial score (nSPS) is 16.9. The summed E-state index contributed by atoms with van der Waals surface area (Å²) in [6.07, 6.45) is 20.7. The van der Waals surface area contributed by atoms with Gasteiger partial charge in [0.15, 0.2) is 0 Å². The number of hydrogen-bond acceptors (Lipinski definition) is 10. The highest BCUT2D eigenvalue weighted by molar-refractivity contribution is 7.47. The number of unbranched alkanes of at least 4 members (excludes halogenated alkanes) is 18. The molecule has 0 spiro atoms. The van der Waals surface area contributed by atoms with E-state index in [1.54, 1.807) is 6.26 Å². The molecule has 0 aromatic rings. The van der Waals surface area contributed by atoms with Crippen LogP contribution in [0.4, 0.5) is 0 Å². The second-order valence-corrected chi connectivity index (χ2v) is 13.2. The number of rotatable bonds is 33. The minimum atomic E-state index is -4.61. The van der Waals surface area contributed by atoms with Crippen molar-refractivity contribution in [2.75, 3.05) is 33.5 Å². The van der Waals surface area contributed by atoms with Crippen LogP contribution in [0.2, 0.25) is 0 Å². The number of methoxy groups -OCH3 is 1. The standard InChI is InChI=1S/C32H65O11P/c1-3-4-5-6-7-8-9-10-11-12-13-14-15-16-17-18-19-20-21-22-23-41-25-28(40-2)26-42-44(38,39)43-27-30(35)32(37)31(36)29(34)24-33/h22-23,28-37H,3-21,24-27H2,1-2H3,(H,38,39)/t28-,29+,30+,31+,32+/m0/s1. The van der Waals surface area contributed by atoms with Crippen molar-refractivity contribution in [1.29, 1.82) is 0 Å². The SMILES string of the molecule is CCCCCCCCCCCCCCCCCCCCC=COC[C@@H](COP(=O)(O)OC[C@@H](O)[C@@H](O)[C@H](O)[C@H](O)CO)OC. The van der Waals surface area contributed by atoms with Gasteiger partial charge >= 0.3 is 7.82 Å². The van der Waals surface area contributed by atoms with Crippen molar-refractivity contribution in [3.8, 4) is 0 Å². The van der Waals surface area contributed by atoms with Crippen molar-refractivity contribution < 1.29 is 53.5 Å². The highest BCUT2D eigenvalue weighted by Gasteiger charge is 2.32. The highest BCUT2D eigenvalue weighted by Crippen LogP contribution is 2.43. The first-order valence-corrected chi connectivity index (χ1v) is 18.4. The molecule has 0 heterocycles. The molecule has 6 N–H and O–H groups in total. The van der Waals surface area contributed by atoms with Gasteiger partial charge in [-0.1, -0.05) is 116 Å². The molecular formula is C32H65O11P. The smallest absolute Gasteiger partial charge is 0.472 e. The molecule has 0 aromatic carbocycles. The van der Waals surface area contributed by atoms with Crippen LogP contribution in [-0.4, -0.2) is 94.5 Å². The average molecular weight is 657 g/mol. The Kier molecular flexibility index (Phi) is 29.4. The van der Waals surface area contributed by atoms with Crippen LogP contribution >= 0.6 is 7.82 Å². The van der Waals surface area contributed by atoms with Gasteiger partial charge in [0.1, 0.15) is 37.1 Å². The molecule has 44 heavy (non-hydrogen) atoms. The molecule has 0 aromatic heterocycles. The molecule has 0 rings (SSSR count). The van der Waals surface area contributed by atoms with Gasteiger partial charge in [0.05, 0.1) is 26.1 Å². The fraction of sp³-hybridized carbons (Fsp3) is 0.938. The van der Waals surface area contributed by atoms with Gasteiger partial charge in [-0.15, -0.1) is 0 Å². The molecular weight excluding hydrogens is 591 g/mol. The molecule has 6 atom stereocenters. The molecule has 0 bridgehead atoms. The monoisotopic (exact) mass is 656 g/mol. The maximum Gasteiger partial charge on any atom is 0.472 e. The maximum atomic E-state index is 12.0. The highest BCUT2D eigenvalue weighted by atomic mass is 31.2. The van der Waals surface area contributed by atoms with Crippen molar-refractivity contribution >= 4 is 7.82 Å². The minimum Gasteiger partial charge on any atom is -0.499 e. The third kappa shape index (κ3) is 25.6. The Bertz CT molecular complexity index is 697. The van der Waals surface area contributed by atoms with Crippen LogP contribution in [0.15, 0.2) is 12.3 Å². The number of allylic oxidation sites excluding steroid dienone is 1. The van der Waals surface area contributed by atoms with E-state index in [-0.39, 0.29) is 13.2 Å². The van der Waals surface area contributed by atoms with Gasteiger partial charge in [0.2, 0.25) is 0 Å². The van der Waals surface area contributed by atoms with Crippen LogP contribution in [0, 0.1) is 0 Å². The summed E-state index contributed by atoms with van der Waals surface area (Å²) < 4.78 is 32.2. The number of aliphatic hydroxyl groups excluding tert-OH is 5. The van der Waals surface area contributed by atoms with E-state index in [1.807, 2.05) is 6.08 Å². The van der Waals surface area contributed by atoms with E-state index in [2.05, 4.69) is 11.4 Å². The lowest BCUT2D eigenvalue weighted by Crippen LogP contribution is -2.47. The number of phosphoric acid groups is 1. The van der Waals surface area contributed by atoms with E-state index < -0.39 is 51.6 Å². The third-order valence-electron chi connectivity index (χ3n) is 7.69. The first-order valence-electron chi connectivity index (χ1n) is 16.9. The molecule has 0 saturated carbocycles. The quantitative estimate of drug-likeness (QED) is 0.0297. The molecule has 12 heteroatoms. The average Bonchev–Trinajstić information content (AvgIpc) is 3.02. The van der Waals surface area contributed by atoms with Gasteiger partial charge in [-0.3, -0.25) is 9.05 Å². The first kappa shape index (κ1) is 43.4. The molecule has 0 aliphatic rings. The summed E-state index contributed by atoms with van der Waals surface area (Å²) in [4.78, 5) is 9.79. The molecule has 1 unspecified atom stereocenters. The van der Waals surface area contributed by atoms with E-state index >= 15 is 0 Å². The van der Waals surface area contributed by atoms with Crippen molar-refractivity contribution in [2.24, 2.45) is 0 Å². The summed E-state index contributed by atoms with van der Waals surface area (Å²) in [5.41, 5.74) is 0. The Morgan fingerprint density at radius 3 is 1.52 bits per heavy atom. The lowest BCUT2D eigenvalue weighted by atomic mass is 10.0. The summed E-state index contributed by atoms with van der Waals surface area (Å²) >= 11 is 0. The van der Waals surface area contributed by atoms with Crippen molar-refractivity contribution in [2.45, 2.75) is 159 Å². The van der Waals surface area contributed by atoms with Crippen molar-refractivity contribution in [3.05, 3.63) is 12.3 Å². The molecule has 0 aliphatic heterocycles. The largest absolute Gasteiger partial charge is 0.499 e. The Balaban J connectivity index is 3.71. The summed E-state index contributed by atoms with van der Waals surface area (Å²) in [6.45, 7) is 0.314. The van der Waals surface area contributed by atoms with E-state index in [0.717, 1.165) is 12.8 Å². The fourth-order valence-corrected chi connectivity index (χ4v) is 5.46. The van der Waals surface area contributed by atoms with Gasteiger partial charge in [-0.05, 0) is 18.9 Å². The maximum absolute atomic E-state index is 12.0. The Morgan fingerprint density at radius 1 is 0.636 bits per heavy atom. The lowest BCUT2D eigenvalue weighted by molar-refractivity contribution is -0.123. The molecule has 0 aliphatic carbocycles.